The Hall–Kier alpha value is -0.760. The van der Waals surface area contributed by atoms with Crippen molar-refractivity contribution in [2.24, 2.45) is 0 Å². The van der Waals surface area contributed by atoms with Crippen LogP contribution in [0.4, 0.5) is 0 Å². The van der Waals surface area contributed by atoms with Crippen LogP contribution < -0.4 is 5.32 Å². The van der Waals surface area contributed by atoms with Gasteiger partial charge in [-0.1, -0.05) is 6.92 Å². The molecule has 1 aliphatic heterocycles. The zero-order valence-corrected chi connectivity index (χ0v) is 7.47. The lowest BCUT2D eigenvalue weighted by molar-refractivity contribution is 0.356. The summed E-state index contributed by atoms with van der Waals surface area (Å²) in [5.74, 6) is 2.94. The second-order valence-corrected chi connectivity index (χ2v) is 3.41. The lowest BCUT2D eigenvalue weighted by Gasteiger charge is -2.24. The minimum Gasteiger partial charge on any atom is -0.466 e. The first-order valence-corrected chi connectivity index (χ1v) is 4.69. The Balaban J connectivity index is 2.02. The maximum Gasteiger partial charge on any atom is 0.109 e. The van der Waals surface area contributed by atoms with E-state index in [4.69, 9.17) is 4.42 Å². The molecule has 0 bridgehead atoms. The third kappa shape index (κ3) is 1.39. The van der Waals surface area contributed by atoms with Crippen molar-refractivity contribution >= 4 is 0 Å². The molecule has 0 aliphatic carbocycles. The highest BCUT2D eigenvalue weighted by Crippen LogP contribution is 2.22. The molecule has 2 rings (SSSR count). The Morgan fingerprint density at radius 1 is 1.50 bits per heavy atom. The molecule has 0 unspecified atom stereocenters. The summed E-state index contributed by atoms with van der Waals surface area (Å²) in [4.78, 5) is 0. The zero-order valence-electron chi connectivity index (χ0n) is 7.47. The van der Waals surface area contributed by atoms with Crippen LogP contribution in [-0.2, 0) is 6.42 Å². The summed E-state index contributed by atoms with van der Waals surface area (Å²) in [5, 5.41) is 3.24. The van der Waals surface area contributed by atoms with Crippen molar-refractivity contribution in [2.45, 2.75) is 25.7 Å². The van der Waals surface area contributed by atoms with Crippen LogP contribution in [0, 0.1) is 0 Å². The van der Waals surface area contributed by atoms with E-state index in [0.29, 0.717) is 5.92 Å². The third-order valence-electron chi connectivity index (χ3n) is 2.36. The van der Waals surface area contributed by atoms with Crippen molar-refractivity contribution in [3.05, 3.63) is 23.7 Å². The number of aryl methyl sites for hydroxylation is 1. The van der Waals surface area contributed by atoms with Gasteiger partial charge in [-0.3, -0.25) is 0 Å². The van der Waals surface area contributed by atoms with E-state index in [2.05, 4.69) is 24.4 Å². The van der Waals surface area contributed by atoms with E-state index in [1.807, 2.05) is 0 Å². The van der Waals surface area contributed by atoms with Crippen LogP contribution in [0.5, 0.6) is 0 Å². The summed E-state index contributed by atoms with van der Waals surface area (Å²) in [6.45, 7) is 4.34. The normalized spacial score (nSPS) is 17.8. The van der Waals surface area contributed by atoms with Gasteiger partial charge >= 0.3 is 0 Å². The summed E-state index contributed by atoms with van der Waals surface area (Å²) in [6.07, 6.45) is 2.23. The Kier molecular flexibility index (Phi) is 2.17. The first-order valence-electron chi connectivity index (χ1n) is 4.69. The molecular formula is C10H15NO. The fourth-order valence-electron chi connectivity index (χ4n) is 1.48. The molecule has 0 atom stereocenters. The maximum absolute atomic E-state index is 5.69. The molecule has 1 aromatic rings. The molecule has 1 aromatic heterocycles. The van der Waals surface area contributed by atoms with Crippen molar-refractivity contribution in [1.29, 1.82) is 0 Å². The van der Waals surface area contributed by atoms with Gasteiger partial charge in [0.2, 0.25) is 0 Å². The molecule has 1 N–H and O–H groups in total. The van der Waals surface area contributed by atoms with Gasteiger partial charge in [-0.15, -0.1) is 0 Å². The van der Waals surface area contributed by atoms with Crippen molar-refractivity contribution in [3.8, 4) is 0 Å². The van der Waals surface area contributed by atoms with Crippen molar-refractivity contribution in [2.75, 3.05) is 13.1 Å². The van der Waals surface area contributed by atoms with Crippen LogP contribution in [0.15, 0.2) is 16.5 Å². The number of rotatable bonds is 3. The quantitative estimate of drug-likeness (QED) is 0.740. The molecule has 0 saturated carbocycles. The summed E-state index contributed by atoms with van der Waals surface area (Å²) in [7, 11) is 0. The van der Waals surface area contributed by atoms with Crippen molar-refractivity contribution < 1.29 is 4.42 Å². The van der Waals surface area contributed by atoms with Crippen LogP contribution in [-0.4, -0.2) is 13.1 Å². The molecule has 0 amide bonds. The molecular weight excluding hydrogens is 150 g/mol. The summed E-state index contributed by atoms with van der Waals surface area (Å²) in [5.41, 5.74) is 0. The highest BCUT2D eigenvalue weighted by atomic mass is 16.3. The predicted molar refractivity (Wildman–Crippen MR) is 48.3 cm³/mol. The standard InChI is InChI=1S/C10H15NO/c1-2-3-9-4-5-10(12-9)8-6-11-7-8/h4-5,8,11H,2-3,6-7H2,1H3. The topological polar surface area (TPSA) is 25.2 Å². The first-order chi connectivity index (χ1) is 5.90. The van der Waals surface area contributed by atoms with E-state index in [1.165, 1.54) is 0 Å². The van der Waals surface area contributed by atoms with Crippen LogP contribution in [0.25, 0.3) is 0 Å². The maximum atomic E-state index is 5.69. The fraction of sp³-hybridized carbons (Fsp3) is 0.600. The van der Waals surface area contributed by atoms with Gasteiger partial charge in [0.05, 0.1) is 0 Å². The minimum absolute atomic E-state index is 0.635. The number of hydrogen-bond acceptors (Lipinski definition) is 2. The van der Waals surface area contributed by atoms with Gasteiger partial charge < -0.3 is 9.73 Å². The Bertz CT molecular complexity index is 250. The first kappa shape index (κ1) is 7.87. The highest BCUT2D eigenvalue weighted by Gasteiger charge is 2.21. The molecule has 0 radical (unpaired) electrons. The second kappa shape index (κ2) is 3.31. The van der Waals surface area contributed by atoms with Gasteiger partial charge in [-0.2, -0.15) is 0 Å². The molecule has 2 nitrogen and oxygen atoms in total. The summed E-state index contributed by atoms with van der Waals surface area (Å²) in [6, 6.07) is 4.23. The smallest absolute Gasteiger partial charge is 0.109 e. The van der Waals surface area contributed by atoms with Crippen molar-refractivity contribution in [1.82, 2.24) is 5.32 Å². The van der Waals surface area contributed by atoms with Gasteiger partial charge in [-0.05, 0) is 18.6 Å². The average molecular weight is 165 g/mol. The molecule has 2 heterocycles. The van der Waals surface area contributed by atoms with E-state index in [0.717, 1.165) is 37.5 Å². The van der Waals surface area contributed by atoms with Gasteiger partial charge in [0.25, 0.3) is 0 Å². The lowest BCUT2D eigenvalue weighted by Crippen LogP contribution is -2.39. The largest absolute Gasteiger partial charge is 0.466 e. The molecule has 1 fully saturated rings. The van der Waals surface area contributed by atoms with Crippen molar-refractivity contribution in [3.63, 3.8) is 0 Å². The van der Waals surface area contributed by atoms with Crippen LogP contribution in [0.2, 0.25) is 0 Å². The predicted octanol–water partition coefficient (Wildman–Crippen LogP) is 1.92. The van der Waals surface area contributed by atoms with Crippen LogP contribution in [0.1, 0.15) is 30.8 Å². The summed E-state index contributed by atoms with van der Waals surface area (Å²) < 4.78 is 5.69. The minimum atomic E-state index is 0.635. The Morgan fingerprint density at radius 3 is 2.92 bits per heavy atom. The lowest BCUT2D eigenvalue weighted by atomic mass is 10.0. The molecule has 1 aliphatic rings. The second-order valence-electron chi connectivity index (χ2n) is 3.41. The molecule has 66 valence electrons. The number of hydrogen-bond donors (Lipinski definition) is 1. The van der Waals surface area contributed by atoms with Gasteiger partial charge in [0.15, 0.2) is 0 Å². The van der Waals surface area contributed by atoms with E-state index in [9.17, 15) is 0 Å². The SMILES string of the molecule is CCCc1ccc(C2CNC2)o1. The van der Waals surface area contributed by atoms with E-state index in [1.54, 1.807) is 0 Å². The monoisotopic (exact) mass is 165 g/mol. The van der Waals surface area contributed by atoms with Crippen LogP contribution >= 0.6 is 0 Å². The summed E-state index contributed by atoms with van der Waals surface area (Å²) >= 11 is 0. The number of nitrogens with one attached hydrogen (secondary N) is 1. The fourth-order valence-corrected chi connectivity index (χ4v) is 1.48. The molecule has 0 spiro atoms. The van der Waals surface area contributed by atoms with Gasteiger partial charge in [0, 0.05) is 25.4 Å². The van der Waals surface area contributed by atoms with Gasteiger partial charge in [-0.25, -0.2) is 0 Å². The van der Waals surface area contributed by atoms with E-state index < -0.39 is 0 Å². The Labute approximate surface area is 73.0 Å². The third-order valence-corrected chi connectivity index (χ3v) is 2.36. The average Bonchev–Trinajstić information content (AvgIpc) is 2.34. The Morgan fingerprint density at radius 2 is 2.33 bits per heavy atom. The zero-order chi connectivity index (χ0) is 8.39. The van der Waals surface area contributed by atoms with E-state index >= 15 is 0 Å². The van der Waals surface area contributed by atoms with Crippen LogP contribution in [0.3, 0.4) is 0 Å². The van der Waals surface area contributed by atoms with E-state index in [-0.39, 0.29) is 0 Å². The van der Waals surface area contributed by atoms with Gasteiger partial charge in [0.1, 0.15) is 11.5 Å². The number of furan rings is 1. The molecule has 2 heteroatoms. The molecule has 1 saturated heterocycles. The molecule has 0 aromatic carbocycles. The highest BCUT2D eigenvalue weighted by molar-refractivity contribution is 5.14. The molecule has 12 heavy (non-hydrogen) atoms.